The molecule has 0 atom stereocenters. The first kappa shape index (κ1) is 12.2. The predicted octanol–water partition coefficient (Wildman–Crippen LogP) is 3.04. The summed E-state index contributed by atoms with van der Waals surface area (Å²) >= 11 is 0. The third-order valence-corrected chi connectivity index (χ3v) is 2.96. The molecular weight excluding hydrogens is 228 g/mol. The average molecular weight is 244 g/mol. The third-order valence-electron chi connectivity index (χ3n) is 2.96. The molecule has 18 heavy (non-hydrogen) atoms. The summed E-state index contributed by atoms with van der Waals surface area (Å²) in [7, 11) is 0. The van der Waals surface area contributed by atoms with Crippen molar-refractivity contribution < 1.29 is 9.21 Å². The summed E-state index contributed by atoms with van der Waals surface area (Å²) in [6, 6.07) is 5.38. The van der Waals surface area contributed by atoms with Gasteiger partial charge in [-0.05, 0) is 50.1 Å². The number of hydrogen-bond donors (Lipinski definition) is 2. The summed E-state index contributed by atoms with van der Waals surface area (Å²) in [5, 5.41) is 2.87. The molecule has 2 rings (SSSR count). The van der Waals surface area contributed by atoms with E-state index in [1.807, 2.05) is 26.0 Å². The molecule has 1 aromatic carbocycles. The molecule has 0 spiro atoms. The Morgan fingerprint density at radius 1 is 1.22 bits per heavy atom. The van der Waals surface area contributed by atoms with Crippen molar-refractivity contribution in [2.75, 3.05) is 11.1 Å². The maximum Gasteiger partial charge on any atom is 0.259 e. The lowest BCUT2D eigenvalue weighted by Crippen LogP contribution is -2.13. The van der Waals surface area contributed by atoms with Crippen LogP contribution in [0.1, 0.15) is 27.2 Å². The fourth-order valence-corrected chi connectivity index (χ4v) is 1.78. The largest absolute Gasteiger partial charge is 0.469 e. The second-order valence-electron chi connectivity index (χ2n) is 4.37. The number of furan rings is 1. The molecule has 2 aromatic rings. The monoisotopic (exact) mass is 244 g/mol. The molecule has 0 aliphatic rings. The van der Waals surface area contributed by atoms with Crippen LogP contribution in [0, 0.1) is 20.8 Å². The van der Waals surface area contributed by atoms with Crippen LogP contribution in [0.2, 0.25) is 0 Å². The van der Waals surface area contributed by atoms with Gasteiger partial charge in [0.05, 0.1) is 11.8 Å². The van der Waals surface area contributed by atoms with Crippen molar-refractivity contribution in [3.63, 3.8) is 0 Å². The molecule has 0 unspecified atom stereocenters. The highest BCUT2D eigenvalue weighted by molar-refractivity contribution is 6.05. The normalized spacial score (nSPS) is 10.4. The number of nitrogens with one attached hydrogen (secondary N) is 1. The van der Waals surface area contributed by atoms with Crippen LogP contribution in [-0.4, -0.2) is 5.91 Å². The van der Waals surface area contributed by atoms with E-state index >= 15 is 0 Å². The van der Waals surface area contributed by atoms with Gasteiger partial charge in [-0.3, -0.25) is 4.79 Å². The van der Waals surface area contributed by atoms with E-state index in [1.54, 1.807) is 13.0 Å². The van der Waals surface area contributed by atoms with Gasteiger partial charge in [0.25, 0.3) is 5.91 Å². The van der Waals surface area contributed by atoms with Crippen molar-refractivity contribution in [1.82, 2.24) is 0 Å². The molecule has 94 valence electrons. The Bertz CT molecular complexity index is 600. The topological polar surface area (TPSA) is 68.3 Å². The molecule has 0 saturated heterocycles. The molecule has 1 aromatic heterocycles. The quantitative estimate of drug-likeness (QED) is 0.798. The second kappa shape index (κ2) is 4.56. The van der Waals surface area contributed by atoms with Crippen LogP contribution in [-0.2, 0) is 0 Å². The summed E-state index contributed by atoms with van der Waals surface area (Å²) < 4.78 is 5.12. The van der Waals surface area contributed by atoms with Crippen LogP contribution in [0.25, 0.3) is 0 Å². The van der Waals surface area contributed by atoms with Gasteiger partial charge in [-0.15, -0.1) is 0 Å². The molecular formula is C14H16N2O2. The van der Waals surface area contributed by atoms with Crippen molar-refractivity contribution in [1.29, 1.82) is 0 Å². The lowest BCUT2D eigenvalue weighted by molar-refractivity contribution is 0.102. The lowest BCUT2D eigenvalue weighted by atomic mass is 10.1. The molecule has 3 N–H and O–H groups in total. The van der Waals surface area contributed by atoms with Crippen LogP contribution in [0.15, 0.2) is 28.9 Å². The molecule has 4 heteroatoms. The number of nitrogen functional groups attached to an aromatic ring is 1. The molecule has 0 aliphatic carbocycles. The molecule has 4 nitrogen and oxygen atoms in total. The Hall–Kier alpha value is -2.23. The van der Waals surface area contributed by atoms with Gasteiger partial charge in [0.15, 0.2) is 0 Å². The number of nitrogens with two attached hydrogens (primary N) is 1. The molecule has 1 amide bonds. The van der Waals surface area contributed by atoms with E-state index in [0.29, 0.717) is 11.3 Å². The maximum atomic E-state index is 12.0. The highest BCUT2D eigenvalue weighted by Gasteiger charge is 2.13. The number of carbonyl (C=O) groups excluding carboxylic acids is 1. The summed E-state index contributed by atoms with van der Waals surface area (Å²) in [6.07, 6.45) is 1.51. The van der Waals surface area contributed by atoms with Gasteiger partial charge in [-0.25, -0.2) is 0 Å². The van der Waals surface area contributed by atoms with Gasteiger partial charge in [-0.1, -0.05) is 0 Å². The van der Waals surface area contributed by atoms with E-state index in [0.717, 1.165) is 22.5 Å². The number of anilines is 2. The Morgan fingerprint density at radius 2 is 1.94 bits per heavy atom. The summed E-state index contributed by atoms with van der Waals surface area (Å²) in [5.74, 6) is 0.436. The van der Waals surface area contributed by atoms with Crippen molar-refractivity contribution in [3.8, 4) is 0 Å². The van der Waals surface area contributed by atoms with Gasteiger partial charge < -0.3 is 15.5 Å². The van der Waals surface area contributed by atoms with E-state index in [4.69, 9.17) is 10.2 Å². The standard InChI is InChI=1S/C14H16N2O2/c1-8-7-13(9(2)6-12(8)15)16-14(17)11-4-5-18-10(11)3/h4-7H,15H2,1-3H3,(H,16,17). The van der Waals surface area contributed by atoms with E-state index in [-0.39, 0.29) is 5.91 Å². The molecule has 0 fully saturated rings. The minimum atomic E-state index is -0.173. The minimum absolute atomic E-state index is 0.173. The van der Waals surface area contributed by atoms with E-state index < -0.39 is 0 Å². The Morgan fingerprint density at radius 3 is 2.56 bits per heavy atom. The number of hydrogen-bond acceptors (Lipinski definition) is 3. The first-order chi connectivity index (χ1) is 8.49. The van der Waals surface area contributed by atoms with Crippen LogP contribution in [0.4, 0.5) is 11.4 Å². The van der Waals surface area contributed by atoms with Crippen molar-refractivity contribution in [3.05, 3.63) is 46.9 Å². The fraction of sp³-hybridized carbons (Fsp3) is 0.214. The molecule has 0 radical (unpaired) electrons. The van der Waals surface area contributed by atoms with Crippen molar-refractivity contribution in [2.24, 2.45) is 0 Å². The van der Waals surface area contributed by atoms with Gasteiger partial charge in [0, 0.05) is 11.4 Å². The SMILES string of the molecule is Cc1cc(NC(=O)c2ccoc2C)c(C)cc1N. The minimum Gasteiger partial charge on any atom is -0.469 e. The zero-order chi connectivity index (χ0) is 13.3. The zero-order valence-corrected chi connectivity index (χ0v) is 10.7. The lowest BCUT2D eigenvalue weighted by Gasteiger charge is -2.10. The zero-order valence-electron chi connectivity index (χ0n) is 10.7. The highest BCUT2D eigenvalue weighted by Crippen LogP contribution is 2.23. The van der Waals surface area contributed by atoms with E-state index in [1.165, 1.54) is 6.26 Å². The Kier molecular flexibility index (Phi) is 3.10. The first-order valence-electron chi connectivity index (χ1n) is 5.71. The average Bonchev–Trinajstić information content (AvgIpc) is 2.72. The van der Waals surface area contributed by atoms with Gasteiger partial charge in [0.2, 0.25) is 0 Å². The highest BCUT2D eigenvalue weighted by atomic mass is 16.3. The first-order valence-corrected chi connectivity index (χ1v) is 5.71. The molecule has 1 heterocycles. The fourth-order valence-electron chi connectivity index (χ4n) is 1.78. The summed E-state index contributed by atoms with van der Waals surface area (Å²) in [6.45, 7) is 5.58. The van der Waals surface area contributed by atoms with Crippen LogP contribution in [0.3, 0.4) is 0 Å². The van der Waals surface area contributed by atoms with Gasteiger partial charge in [-0.2, -0.15) is 0 Å². The molecule has 0 aliphatic heterocycles. The summed E-state index contributed by atoms with van der Waals surface area (Å²) in [5.41, 5.74) is 9.74. The van der Waals surface area contributed by atoms with E-state index in [9.17, 15) is 4.79 Å². The number of carbonyl (C=O) groups is 1. The maximum absolute atomic E-state index is 12.0. The van der Waals surface area contributed by atoms with Crippen LogP contribution < -0.4 is 11.1 Å². The van der Waals surface area contributed by atoms with Crippen molar-refractivity contribution in [2.45, 2.75) is 20.8 Å². The second-order valence-corrected chi connectivity index (χ2v) is 4.37. The van der Waals surface area contributed by atoms with Gasteiger partial charge >= 0.3 is 0 Å². The van der Waals surface area contributed by atoms with Gasteiger partial charge in [0.1, 0.15) is 5.76 Å². The van der Waals surface area contributed by atoms with Crippen LogP contribution >= 0.6 is 0 Å². The predicted molar refractivity (Wildman–Crippen MR) is 71.7 cm³/mol. The molecule has 0 saturated carbocycles. The number of amides is 1. The number of benzene rings is 1. The van der Waals surface area contributed by atoms with E-state index in [2.05, 4.69) is 5.32 Å². The summed E-state index contributed by atoms with van der Waals surface area (Å²) in [4.78, 5) is 12.0. The van der Waals surface area contributed by atoms with Crippen LogP contribution in [0.5, 0.6) is 0 Å². The molecule has 0 bridgehead atoms. The van der Waals surface area contributed by atoms with Crippen molar-refractivity contribution >= 4 is 17.3 Å². The number of aryl methyl sites for hydroxylation is 3. The number of rotatable bonds is 2. The smallest absolute Gasteiger partial charge is 0.259 e. The third kappa shape index (κ3) is 2.22. The Labute approximate surface area is 106 Å². The Balaban J connectivity index is 2.28.